The highest BCUT2D eigenvalue weighted by molar-refractivity contribution is 6.46. The van der Waals surface area contributed by atoms with Crippen LogP contribution in [0.4, 0.5) is 0 Å². The summed E-state index contributed by atoms with van der Waals surface area (Å²) in [7, 11) is 0. The average Bonchev–Trinajstić information content (AvgIpc) is 3.11. The number of Topliss-reactive ketones (excluding diaryl/α,β-unsaturated/α-hetero) is 1. The predicted molar refractivity (Wildman–Crippen MR) is 138 cm³/mol. The molecule has 1 atom stereocenters. The van der Waals surface area contributed by atoms with E-state index in [9.17, 15) is 19.8 Å². The van der Waals surface area contributed by atoms with Crippen LogP contribution in [-0.4, -0.2) is 70.6 Å². The number of benzene rings is 2. The quantitative estimate of drug-likeness (QED) is 0.271. The third kappa shape index (κ3) is 5.82. The number of amides is 1. The van der Waals surface area contributed by atoms with Gasteiger partial charge in [0.05, 0.1) is 24.3 Å². The van der Waals surface area contributed by atoms with Crippen LogP contribution in [0.5, 0.6) is 17.2 Å². The maximum Gasteiger partial charge on any atom is 0.295 e. The SMILES string of the molecule is CCOc1cc([C@H]2C(=C(O)c3ccc(OC(C)C)cc3)C(=O)C(=O)N2CCN(CC)CC)ccc1O. The maximum absolute atomic E-state index is 13.3. The molecule has 1 amide bonds. The van der Waals surface area contributed by atoms with Crippen LogP contribution in [0, 0.1) is 0 Å². The number of carbonyl (C=O) groups excluding carboxylic acids is 2. The molecule has 0 spiro atoms. The van der Waals surface area contributed by atoms with E-state index in [4.69, 9.17) is 9.47 Å². The van der Waals surface area contributed by atoms with Crippen LogP contribution in [0.2, 0.25) is 0 Å². The molecule has 1 fully saturated rings. The van der Waals surface area contributed by atoms with Crippen molar-refractivity contribution in [2.75, 3.05) is 32.8 Å². The Morgan fingerprint density at radius 3 is 2.31 bits per heavy atom. The number of rotatable bonds is 11. The number of ether oxygens (including phenoxy) is 2. The lowest BCUT2D eigenvalue weighted by atomic mass is 9.95. The lowest BCUT2D eigenvalue weighted by Crippen LogP contribution is -2.38. The summed E-state index contributed by atoms with van der Waals surface area (Å²) in [6, 6.07) is 10.7. The molecule has 8 heteroatoms. The largest absolute Gasteiger partial charge is 0.507 e. The summed E-state index contributed by atoms with van der Waals surface area (Å²) in [5.74, 6) is -0.825. The molecule has 2 aromatic rings. The van der Waals surface area contributed by atoms with Crippen LogP contribution >= 0.6 is 0 Å². The Balaban J connectivity index is 2.10. The molecule has 1 saturated heterocycles. The molecule has 36 heavy (non-hydrogen) atoms. The molecule has 0 unspecified atom stereocenters. The zero-order valence-electron chi connectivity index (χ0n) is 21.7. The van der Waals surface area contributed by atoms with E-state index in [2.05, 4.69) is 4.90 Å². The summed E-state index contributed by atoms with van der Waals surface area (Å²) in [5.41, 5.74) is 0.975. The Kier molecular flexibility index (Phi) is 8.98. The van der Waals surface area contributed by atoms with Gasteiger partial charge in [0, 0.05) is 18.7 Å². The molecule has 2 aromatic carbocycles. The van der Waals surface area contributed by atoms with Crippen LogP contribution in [0.15, 0.2) is 48.0 Å². The highest BCUT2D eigenvalue weighted by Gasteiger charge is 2.46. The average molecular weight is 497 g/mol. The summed E-state index contributed by atoms with van der Waals surface area (Å²) in [6.07, 6.45) is -0.00499. The van der Waals surface area contributed by atoms with E-state index < -0.39 is 17.7 Å². The van der Waals surface area contributed by atoms with Gasteiger partial charge in [-0.3, -0.25) is 9.59 Å². The lowest BCUT2D eigenvalue weighted by molar-refractivity contribution is -0.140. The number of nitrogens with zero attached hydrogens (tertiary/aromatic N) is 2. The number of ketones is 1. The Bertz CT molecular complexity index is 1110. The minimum absolute atomic E-state index is 0.00483. The highest BCUT2D eigenvalue weighted by Crippen LogP contribution is 2.41. The standard InChI is InChI=1S/C28H36N2O6/c1-6-29(7-2)15-16-30-25(20-11-14-22(31)23(17-20)35-8-3)24(27(33)28(30)34)26(32)19-9-12-21(13-10-19)36-18(4)5/h9-14,17-18,25,31-32H,6-8,15-16H2,1-5H3/t25-/m0/s1. The minimum Gasteiger partial charge on any atom is -0.507 e. The number of aliphatic hydroxyl groups is 1. The van der Waals surface area contributed by atoms with Gasteiger partial charge in [-0.1, -0.05) is 19.9 Å². The van der Waals surface area contributed by atoms with Gasteiger partial charge in [0.25, 0.3) is 11.7 Å². The van der Waals surface area contributed by atoms with Crippen molar-refractivity contribution in [3.8, 4) is 17.2 Å². The predicted octanol–water partition coefficient (Wildman–Crippen LogP) is 4.34. The first-order valence-electron chi connectivity index (χ1n) is 12.4. The number of hydrogen-bond donors (Lipinski definition) is 2. The molecule has 1 aliphatic rings. The second-order valence-corrected chi connectivity index (χ2v) is 8.87. The maximum atomic E-state index is 13.3. The Labute approximate surface area is 212 Å². The van der Waals surface area contributed by atoms with Gasteiger partial charge in [-0.05, 0) is 75.8 Å². The molecule has 0 bridgehead atoms. The summed E-state index contributed by atoms with van der Waals surface area (Å²) >= 11 is 0. The van der Waals surface area contributed by atoms with Crippen molar-refractivity contribution in [1.29, 1.82) is 0 Å². The fourth-order valence-electron chi connectivity index (χ4n) is 4.34. The third-order valence-corrected chi connectivity index (χ3v) is 6.19. The molecule has 3 rings (SSSR count). The van der Waals surface area contributed by atoms with E-state index in [-0.39, 0.29) is 28.9 Å². The van der Waals surface area contributed by atoms with Gasteiger partial charge >= 0.3 is 0 Å². The summed E-state index contributed by atoms with van der Waals surface area (Å²) < 4.78 is 11.2. The molecule has 0 radical (unpaired) electrons. The van der Waals surface area contributed by atoms with Crippen molar-refractivity contribution in [1.82, 2.24) is 9.80 Å². The molecule has 1 aliphatic heterocycles. The first-order valence-corrected chi connectivity index (χ1v) is 12.4. The number of aromatic hydroxyl groups is 1. The molecule has 8 nitrogen and oxygen atoms in total. The van der Waals surface area contributed by atoms with Gasteiger partial charge in [0.2, 0.25) is 0 Å². The van der Waals surface area contributed by atoms with Gasteiger partial charge in [-0.25, -0.2) is 0 Å². The monoisotopic (exact) mass is 496 g/mol. The Morgan fingerprint density at radius 1 is 1.06 bits per heavy atom. The third-order valence-electron chi connectivity index (χ3n) is 6.19. The van der Waals surface area contributed by atoms with Crippen molar-refractivity contribution in [2.45, 2.75) is 46.8 Å². The second-order valence-electron chi connectivity index (χ2n) is 8.87. The molecule has 2 N–H and O–H groups in total. The van der Waals surface area contributed by atoms with E-state index in [1.165, 1.54) is 11.0 Å². The van der Waals surface area contributed by atoms with Crippen LogP contribution in [0.3, 0.4) is 0 Å². The second kappa shape index (κ2) is 11.9. The van der Waals surface area contributed by atoms with Crippen LogP contribution in [-0.2, 0) is 9.59 Å². The van der Waals surface area contributed by atoms with Gasteiger partial charge in [0.1, 0.15) is 11.5 Å². The van der Waals surface area contributed by atoms with Crippen molar-refractivity contribution in [2.24, 2.45) is 0 Å². The topological polar surface area (TPSA) is 99.5 Å². The molecule has 194 valence electrons. The fourth-order valence-corrected chi connectivity index (χ4v) is 4.34. The number of phenolic OH excluding ortho intramolecular Hbond substituents is 1. The number of likely N-dealkylation sites (tertiary alicyclic amines) is 1. The first kappa shape index (κ1) is 27.1. The Hall–Kier alpha value is -3.52. The number of likely N-dealkylation sites (N-methyl/N-ethyl adjacent to an activating group) is 1. The van der Waals surface area contributed by atoms with E-state index in [1.807, 2.05) is 27.7 Å². The van der Waals surface area contributed by atoms with Gasteiger partial charge in [-0.2, -0.15) is 0 Å². The molecule has 0 saturated carbocycles. The van der Waals surface area contributed by atoms with E-state index in [0.29, 0.717) is 36.6 Å². The van der Waals surface area contributed by atoms with Crippen LogP contribution < -0.4 is 9.47 Å². The highest BCUT2D eigenvalue weighted by atomic mass is 16.5. The van der Waals surface area contributed by atoms with Crippen molar-refractivity contribution in [3.05, 3.63) is 59.2 Å². The van der Waals surface area contributed by atoms with Gasteiger partial charge in [0.15, 0.2) is 11.5 Å². The molecular formula is C28H36N2O6. The summed E-state index contributed by atoms with van der Waals surface area (Å²) in [5, 5.41) is 21.5. The van der Waals surface area contributed by atoms with Crippen molar-refractivity contribution in [3.63, 3.8) is 0 Å². The smallest absolute Gasteiger partial charge is 0.295 e. The normalized spacial score (nSPS) is 17.3. The number of phenols is 1. The minimum atomic E-state index is -0.827. The van der Waals surface area contributed by atoms with Gasteiger partial charge < -0.3 is 29.5 Å². The Morgan fingerprint density at radius 2 is 1.72 bits per heavy atom. The molecule has 0 aromatic heterocycles. The molecule has 1 heterocycles. The zero-order chi connectivity index (χ0) is 26.4. The molecular weight excluding hydrogens is 460 g/mol. The van der Waals surface area contributed by atoms with Crippen LogP contribution in [0.25, 0.3) is 5.76 Å². The zero-order valence-corrected chi connectivity index (χ0v) is 21.7. The summed E-state index contributed by atoms with van der Waals surface area (Å²) in [4.78, 5) is 30.1. The van der Waals surface area contributed by atoms with Gasteiger partial charge in [-0.15, -0.1) is 0 Å². The number of aliphatic hydroxyl groups excluding tert-OH is 1. The van der Waals surface area contributed by atoms with Crippen molar-refractivity contribution >= 4 is 17.4 Å². The summed E-state index contributed by atoms with van der Waals surface area (Å²) in [6.45, 7) is 12.6. The first-order chi connectivity index (χ1) is 17.2. The van der Waals surface area contributed by atoms with E-state index in [0.717, 1.165) is 13.1 Å². The number of hydrogen-bond acceptors (Lipinski definition) is 7. The fraction of sp³-hybridized carbons (Fsp3) is 0.429. The van der Waals surface area contributed by atoms with Crippen LogP contribution in [0.1, 0.15) is 51.8 Å². The van der Waals surface area contributed by atoms with Crippen molar-refractivity contribution < 1.29 is 29.3 Å². The number of carbonyl (C=O) groups is 2. The lowest BCUT2D eigenvalue weighted by Gasteiger charge is -2.28. The molecule has 0 aliphatic carbocycles. The van der Waals surface area contributed by atoms with E-state index >= 15 is 0 Å². The van der Waals surface area contributed by atoms with E-state index in [1.54, 1.807) is 43.3 Å².